The molecule has 1 aromatic carbocycles. The summed E-state index contributed by atoms with van der Waals surface area (Å²) in [7, 11) is 0. The first-order valence-corrected chi connectivity index (χ1v) is 8.33. The Labute approximate surface area is 140 Å². The number of aryl methyl sites for hydroxylation is 1. The van der Waals surface area contributed by atoms with Gasteiger partial charge >= 0.3 is 6.18 Å². The molecule has 0 aliphatic carbocycles. The fourth-order valence-corrected chi connectivity index (χ4v) is 3.29. The van der Waals surface area contributed by atoms with E-state index in [4.69, 9.17) is 0 Å². The molecule has 0 aromatic heterocycles. The second-order valence-corrected chi connectivity index (χ2v) is 6.68. The predicted octanol–water partition coefficient (Wildman–Crippen LogP) is 3.56. The normalized spacial score (nSPS) is 21.8. The van der Waals surface area contributed by atoms with Gasteiger partial charge in [0.25, 0.3) is 0 Å². The van der Waals surface area contributed by atoms with E-state index < -0.39 is 30.3 Å². The molecular weight excluding hydrogens is 319 g/mol. The first-order valence-electron chi connectivity index (χ1n) is 8.33. The largest absolute Gasteiger partial charge is 0.396 e. The summed E-state index contributed by atoms with van der Waals surface area (Å²) in [5, 5.41) is 9.86. The lowest BCUT2D eigenvalue weighted by atomic mass is 9.76. The smallest absolute Gasteiger partial charge is 0.389 e. The van der Waals surface area contributed by atoms with E-state index in [1.165, 1.54) is 4.90 Å². The molecule has 0 bridgehead atoms. The molecule has 1 N–H and O–H groups in total. The van der Waals surface area contributed by atoms with Crippen molar-refractivity contribution in [2.24, 2.45) is 5.41 Å². The monoisotopic (exact) mass is 343 g/mol. The molecule has 1 aromatic rings. The number of nitrogens with zero attached hydrogens (tertiary/aromatic N) is 1. The van der Waals surface area contributed by atoms with Gasteiger partial charge in [0.1, 0.15) is 0 Å². The van der Waals surface area contributed by atoms with Crippen LogP contribution in [0.3, 0.4) is 0 Å². The Hall–Kier alpha value is -1.56. The Morgan fingerprint density at radius 3 is 2.58 bits per heavy atom. The van der Waals surface area contributed by atoms with Crippen LogP contribution in [0.5, 0.6) is 0 Å². The minimum Gasteiger partial charge on any atom is -0.396 e. The summed E-state index contributed by atoms with van der Waals surface area (Å²) in [5.74, 6) is -0.468. The maximum absolute atomic E-state index is 12.3. The summed E-state index contributed by atoms with van der Waals surface area (Å²) >= 11 is 0. The van der Waals surface area contributed by atoms with Crippen molar-refractivity contribution in [3.63, 3.8) is 0 Å². The van der Waals surface area contributed by atoms with Gasteiger partial charge in [0.15, 0.2) is 0 Å². The van der Waals surface area contributed by atoms with Crippen LogP contribution in [0.2, 0.25) is 0 Å². The van der Waals surface area contributed by atoms with E-state index in [9.17, 15) is 23.1 Å². The lowest BCUT2D eigenvalue weighted by Gasteiger charge is -2.42. The average Bonchev–Trinajstić information content (AvgIpc) is 2.58. The average molecular weight is 343 g/mol. The third-order valence-corrected chi connectivity index (χ3v) is 4.76. The number of piperidine rings is 1. The van der Waals surface area contributed by atoms with E-state index in [1.807, 2.05) is 30.3 Å². The number of hydrogen-bond donors (Lipinski definition) is 1. The molecule has 0 unspecified atom stereocenters. The van der Waals surface area contributed by atoms with Crippen LogP contribution in [0.4, 0.5) is 13.2 Å². The van der Waals surface area contributed by atoms with Crippen molar-refractivity contribution < 1.29 is 23.1 Å². The molecule has 3 nitrogen and oxygen atoms in total. The van der Waals surface area contributed by atoms with Crippen molar-refractivity contribution in [1.82, 2.24) is 4.90 Å². The summed E-state index contributed by atoms with van der Waals surface area (Å²) in [6.45, 7) is 0.764. The molecule has 0 radical (unpaired) electrons. The molecule has 6 heteroatoms. The third kappa shape index (κ3) is 5.51. The quantitative estimate of drug-likeness (QED) is 0.858. The van der Waals surface area contributed by atoms with Crippen molar-refractivity contribution in [3.8, 4) is 0 Å². The standard InChI is InChI=1S/C18H24F3NO2/c19-18(20,21)11-8-16(24)22-12-4-9-17(13-22,14-23)10-7-15-5-2-1-3-6-15/h1-3,5-6,23H,4,7-14H2/t17-/m0/s1. The van der Waals surface area contributed by atoms with Gasteiger partial charge in [-0.3, -0.25) is 4.79 Å². The second-order valence-electron chi connectivity index (χ2n) is 6.68. The van der Waals surface area contributed by atoms with Crippen LogP contribution in [0, 0.1) is 5.41 Å². The van der Waals surface area contributed by atoms with Crippen LogP contribution in [-0.2, 0) is 11.2 Å². The number of aliphatic hydroxyl groups excluding tert-OH is 1. The summed E-state index contributed by atoms with van der Waals surface area (Å²) in [5.41, 5.74) is 0.743. The zero-order valence-electron chi connectivity index (χ0n) is 13.7. The van der Waals surface area contributed by atoms with Crippen LogP contribution >= 0.6 is 0 Å². The number of halogens is 3. The lowest BCUT2D eigenvalue weighted by Crippen LogP contribution is -2.48. The van der Waals surface area contributed by atoms with E-state index in [2.05, 4.69) is 0 Å². The number of rotatable bonds is 6. The van der Waals surface area contributed by atoms with E-state index in [1.54, 1.807) is 0 Å². The molecule has 1 aliphatic rings. The molecule has 0 spiro atoms. The van der Waals surface area contributed by atoms with Gasteiger partial charge in [0.2, 0.25) is 5.91 Å². The fraction of sp³-hybridized carbons (Fsp3) is 0.611. The fourth-order valence-electron chi connectivity index (χ4n) is 3.29. The molecule has 0 saturated carbocycles. The third-order valence-electron chi connectivity index (χ3n) is 4.76. The van der Waals surface area contributed by atoms with Crippen molar-refractivity contribution in [3.05, 3.63) is 35.9 Å². The van der Waals surface area contributed by atoms with Crippen molar-refractivity contribution in [1.29, 1.82) is 0 Å². The molecule has 2 rings (SSSR count). The lowest BCUT2D eigenvalue weighted by molar-refractivity contribution is -0.151. The summed E-state index contributed by atoms with van der Waals surface area (Å²) < 4.78 is 36.9. The summed E-state index contributed by atoms with van der Waals surface area (Å²) in [6, 6.07) is 9.87. The van der Waals surface area contributed by atoms with Crippen molar-refractivity contribution in [2.45, 2.75) is 44.7 Å². The van der Waals surface area contributed by atoms with Gasteiger partial charge < -0.3 is 10.0 Å². The number of alkyl halides is 3. The van der Waals surface area contributed by atoms with Gasteiger partial charge in [-0.15, -0.1) is 0 Å². The zero-order valence-corrected chi connectivity index (χ0v) is 13.7. The van der Waals surface area contributed by atoms with Crippen LogP contribution in [0.15, 0.2) is 30.3 Å². The summed E-state index contributed by atoms with van der Waals surface area (Å²) in [4.78, 5) is 13.6. The van der Waals surface area contributed by atoms with Gasteiger partial charge in [-0.25, -0.2) is 0 Å². The molecule has 1 aliphatic heterocycles. The molecule has 1 fully saturated rings. The van der Waals surface area contributed by atoms with Gasteiger partial charge in [-0.1, -0.05) is 30.3 Å². The number of hydrogen-bond acceptors (Lipinski definition) is 2. The molecule has 1 saturated heterocycles. The van der Waals surface area contributed by atoms with Gasteiger partial charge in [-0.05, 0) is 31.2 Å². The summed E-state index contributed by atoms with van der Waals surface area (Å²) in [6.07, 6.45) is -2.90. The molecule has 134 valence electrons. The Bertz CT molecular complexity index is 533. The second kappa shape index (κ2) is 8.01. The Balaban J connectivity index is 1.94. The number of amides is 1. The number of carbonyl (C=O) groups is 1. The Kier molecular flexibility index (Phi) is 6.27. The zero-order chi connectivity index (χ0) is 17.6. The van der Waals surface area contributed by atoms with Crippen LogP contribution in [0.25, 0.3) is 0 Å². The number of aliphatic hydroxyl groups is 1. The highest BCUT2D eigenvalue weighted by molar-refractivity contribution is 5.76. The molecule has 1 heterocycles. The van der Waals surface area contributed by atoms with E-state index in [-0.39, 0.29) is 6.61 Å². The highest BCUT2D eigenvalue weighted by atomic mass is 19.4. The maximum Gasteiger partial charge on any atom is 0.389 e. The Morgan fingerprint density at radius 2 is 1.96 bits per heavy atom. The van der Waals surface area contributed by atoms with Crippen LogP contribution < -0.4 is 0 Å². The maximum atomic E-state index is 12.3. The first-order chi connectivity index (χ1) is 11.3. The molecule has 1 atom stereocenters. The predicted molar refractivity (Wildman–Crippen MR) is 85.4 cm³/mol. The van der Waals surface area contributed by atoms with E-state index >= 15 is 0 Å². The molecule has 24 heavy (non-hydrogen) atoms. The van der Waals surface area contributed by atoms with Crippen LogP contribution in [-0.4, -0.2) is 41.8 Å². The number of carbonyl (C=O) groups excluding carboxylic acids is 1. The molecular formula is C18H24F3NO2. The van der Waals surface area contributed by atoms with Gasteiger partial charge in [0, 0.05) is 24.9 Å². The Morgan fingerprint density at radius 1 is 1.25 bits per heavy atom. The minimum absolute atomic E-state index is 0.0527. The van der Waals surface area contributed by atoms with Crippen molar-refractivity contribution >= 4 is 5.91 Å². The van der Waals surface area contributed by atoms with Crippen molar-refractivity contribution in [2.75, 3.05) is 19.7 Å². The number of benzene rings is 1. The minimum atomic E-state index is -4.31. The highest BCUT2D eigenvalue weighted by Crippen LogP contribution is 2.35. The highest BCUT2D eigenvalue weighted by Gasteiger charge is 2.37. The van der Waals surface area contributed by atoms with Gasteiger partial charge in [0.05, 0.1) is 13.0 Å². The van der Waals surface area contributed by atoms with Crippen LogP contribution in [0.1, 0.15) is 37.7 Å². The SMILES string of the molecule is O=C(CCC(F)(F)F)N1CCC[C@](CO)(CCc2ccccc2)C1. The van der Waals surface area contributed by atoms with E-state index in [0.717, 1.165) is 24.8 Å². The first kappa shape index (κ1) is 18.8. The van der Waals surface area contributed by atoms with E-state index in [0.29, 0.717) is 19.5 Å². The number of likely N-dealkylation sites (tertiary alicyclic amines) is 1. The van der Waals surface area contributed by atoms with Gasteiger partial charge in [-0.2, -0.15) is 13.2 Å². The molecule has 1 amide bonds. The topological polar surface area (TPSA) is 40.5 Å².